The van der Waals surface area contributed by atoms with Crippen LogP contribution in [0.5, 0.6) is 0 Å². The fourth-order valence-corrected chi connectivity index (χ4v) is 3.13. The summed E-state index contributed by atoms with van der Waals surface area (Å²) < 4.78 is 1.28. The Morgan fingerprint density at radius 3 is 2.82 bits per heavy atom. The molecular formula is C13H15NOS2. The van der Waals surface area contributed by atoms with Gasteiger partial charge >= 0.3 is 0 Å². The van der Waals surface area contributed by atoms with Gasteiger partial charge in [0.2, 0.25) is 0 Å². The van der Waals surface area contributed by atoms with Gasteiger partial charge in [0.25, 0.3) is 5.24 Å². The van der Waals surface area contributed by atoms with Crippen molar-refractivity contribution in [1.29, 1.82) is 0 Å². The Labute approximate surface area is 110 Å². The van der Waals surface area contributed by atoms with Gasteiger partial charge < -0.3 is 5.32 Å². The predicted molar refractivity (Wildman–Crippen MR) is 77.2 cm³/mol. The first-order valence-corrected chi connectivity index (χ1v) is 6.77. The van der Waals surface area contributed by atoms with Crippen molar-refractivity contribution >= 4 is 39.3 Å². The van der Waals surface area contributed by atoms with Gasteiger partial charge in [-0.25, -0.2) is 0 Å². The van der Waals surface area contributed by atoms with Gasteiger partial charge in [-0.15, -0.1) is 11.3 Å². The van der Waals surface area contributed by atoms with Gasteiger partial charge in [0, 0.05) is 16.7 Å². The highest BCUT2D eigenvalue weighted by Gasteiger charge is 2.24. The third-order valence-electron chi connectivity index (χ3n) is 2.89. The van der Waals surface area contributed by atoms with E-state index >= 15 is 0 Å². The lowest BCUT2D eigenvalue weighted by atomic mass is 9.84. The van der Waals surface area contributed by atoms with Crippen LogP contribution in [-0.4, -0.2) is 11.8 Å². The van der Waals surface area contributed by atoms with Crippen LogP contribution in [0.1, 0.15) is 19.4 Å². The zero-order valence-corrected chi connectivity index (χ0v) is 11.6. The van der Waals surface area contributed by atoms with Crippen molar-refractivity contribution in [2.24, 2.45) is 0 Å². The molecule has 2 nitrogen and oxygen atoms in total. The topological polar surface area (TPSA) is 29.1 Å². The molecule has 2 rings (SSSR count). The van der Waals surface area contributed by atoms with Crippen LogP contribution in [0.25, 0.3) is 10.1 Å². The van der Waals surface area contributed by atoms with Gasteiger partial charge in [0.15, 0.2) is 0 Å². The number of hydrogen-bond donors (Lipinski definition) is 2. The number of thiophene rings is 1. The van der Waals surface area contributed by atoms with E-state index in [9.17, 15) is 4.79 Å². The molecule has 0 bridgehead atoms. The molecule has 0 atom stereocenters. The third-order valence-corrected chi connectivity index (χ3v) is 4.01. The number of nitrogens with one attached hydrogen (secondary N) is 1. The molecule has 1 heterocycles. The molecule has 0 aliphatic carbocycles. The van der Waals surface area contributed by atoms with Crippen molar-refractivity contribution in [2.75, 3.05) is 6.54 Å². The Morgan fingerprint density at radius 2 is 2.12 bits per heavy atom. The minimum atomic E-state index is -0.280. The Bertz CT molecular complexity index is 545. The fraction of sp³-hybridized carbons (Fsp3) is 0.308. The van der Waals surface area contributed by atoms with Crippen LogP contribution >= 0.6 is 24.0 Å². The Balaban J connectivity index is 2.35. The second-order valence-electron chi connectivity index (χ2n) is 4.69. The van der Waals surface area contributed by atoms with Crippen molar-refractivity contribution in [3.05, 3.63) is 35.2 Å². The first-order valence-electron chi connectivity index (χ1n) is 5.44. The first-order chi connectivity index (χ1) is 8.00. The van der Waals surface area contributed by atoms with Crippen LogP contribution in [0.2, 0.25) is 0 Å². The molecule has 0 aliphatic rings. The summed E-state index contributed by atoms with van der Waals surface area (Å²) in [6, 6.07) is 8.35. The summed E-state index contributed by atoms with van der Waals surface area (Å²) in [6.07, 6.45) is 0. The van der Waals surface area contributed by atoms with Crippen LogP contribution in [0.3, 0.4) is 0 Å². The molecule has 1 amide bonds. The molecule has 0 aliphatic heterocycles. The zero-order valence-electron chi connectivity index (χ0n) is 9.86. The van der Waals surface area contributed by atoms with Gasteiger partial charge in [-0.2, -0.15) is 0 Å². The maximum Gasteiger partial charge on any atom is 0.276 e. The normalized spacial score (nSPS) is 11.7. The second kappa shape index (κ2) is 4.70. The lowest BCUT2D eigenvalue weighted by Crippen LogP contribution is -2.34. The van der Waals surface area contributed by atoms with E-state index in [1.165, 1.54) is 15.6 Å². The Kier molecular flexibility index (Phi) is 3.45. The van der Waals surface area contributed by atoms with Crippen molar-refractivity contribution < 1.29 is 4.79 Å². The van der Waals surface area contributed by atoms with E-state index in [2.05, 4.69) is 49.3 Å². The molecule has 1 N–H and O–H groups in total. The van der Waals surface area contributed by atoms with Gasteiger partial charge in [-0.1, -0.05) is 44.7 Å². The Hall–Kier alpha value is -1.00. The minimum absolute atomic E-state index is 0.0853. The Morgan fingerprint density at radius 1 is 1.41 bits per heavy atom. The van der Waals surface area contributed by atoms with Crippen molar-refractivity contribution in [1.82, 2.24) is 5.32 Å². The molecule has 90 valence electrons. The molecule has 0 unspecified atom stereocenters. The molecular weight excluding hydrogens is 250 g/mol. The molecule has 0 saturated heterocycles. The average Bonchev–Trinajstić information content (AvgIpc) is 2.71. The number of hydrogen-bond acceptors (Lipinski definition) is 2. The van der Waals surface area contributed by atoms with Gasteiger partial charge in [0.1, 0.15) is 0 Å². The van der Waals surface area contributed by atoms with E-state index < -0.39 is 0 Å². The molecule has 0 saturated carbocycles. The summed E-state index contributed by atoms with van der Waals surface area (Å²) in [5, 5.41) is 5.94. The van der Waals surface area contributed by atoms with Crippen LogP contribution in [0, 0.1) is 0 Å². The minimum Gasteiger partial charge on any atom is -0.346 e. The number of fused-ring (bicyclic) bond motifs is 1. The molecule has 1 aromatic heterocycles. The molecule has 0 fully saturated rings. The van der Waals surface area contributed by atoms with E-state index in [0.29, 0.717) is 6.54 Å². The number of amides is 1. The number of rotatable bonds is 3. The largest absolute Gasteiger partial charge is 0.346 e. The molecule has 4 heteroatoms. The summed E-state index contributed by atoms with van der Waals surface area (Å²) in [4.78, 5) is 10.9. The molecule has 0 spiro atoms. The van der Waals surface area contributed by atoms with E-state index in [1.807, 2.05) is 12.1 Å². The maximum absolute atomic E-state index is 10.9. The fourth-order valence-electron chi connectivity index (χ4n) is 1.89. The highest BCUT2D eigenvalue weighted by molar-refractivity contribution is 7.96. The molecule has 1 aromatic carbocycles. The van der Waals surface area contributed by atoms with Crippen molar-refractivity contribution in [2.45, 2.75) is 19.3 Å². The SMILES string of the molecule is CC(C)(CNC(=O)S)c1csc2ccccc12. The lowest BCUT2D eigenvalue weighted by molar-refractivity contribution is 0.259. The molecule has 17 heavy (non-hydrogen) atoms. The monoisotopic (exact) mass is 265 g/mol. The van der Waals surface area contributed by atoms with Gasteiger partial charge in [0.05, 0.1) is 0 Å². The summed E-state index contributed by atoms with van der Waals surface area (Å²) >= 11 is 5.48. The number of thiol groups is 1. The van der Waals surface area contributed by atoms with Crippen LogP contribution in [0.15, 0.2) is 29.6 Å². The summed E-state index contributed by atoms with van der Waals surface area (Å²) in [7, 11) is 0. The van der Waals surface area contributed by atoms with E-state index in [0.717, 1.165) is 0 Å². The van der Waals surface area contributed by atoms with Gasteiger partial charge in [-0.05, 0) is 22.4 Å². The smallest absolute Gasteiger partial charge is 0.276 e. The first kappa shape index (κ1) is 12.5. The molecule has 0 radical (unpaired) electrons. The second-order valence-corrected chi connectivity index (χ2v) is 6.01. The third kappa shape index (κ3) is 2.64. The zero-order chi connectivity index (χ0) is 12.5. The summed E-state index contributed by atoms with van der Waals surface area (Å²) in [6.45, 7) is 4.85. The summed E-state index contributed by atoms with van der Waals surface area (Å²) in [5.74, 6) is 0. The number of carbonyl (C=O) groups is 1. The average molecular weight is 265 g/mol. The number of carbonyl (C=O) groups excluding carboxylic acids is 1. The van der Waals surface area contributed by atoms with E-state index in [1.54, 1.807) is 11.3 Å². The van der Waals surface area contributed by atoms with Crippen LogP contribution < -0.4 is 5.32 Å². The number of benzene rings is 1. The van der Waals surface area contributed by atoms with Crippen molar-refractivity contribution in [3.63, 3.8) is 0 Å². The van der Waals surface area contributed by atoms with Crippen LogP contribution in [-0.2, 0) is 5.41 Å². The predicted octanol–water partition coefficient (Wildman–Crippen LogP) is 3.82. The quantitative estimate of drug-likeness (QED) is 0.812. The van der Waals surface area contributed by atoms with E-state index in [-0.39, 0.29) is 10.7 Å². The van der Waals surface area contributed by atoms with Gasteiger partial charge in [-0.3, -0.25) is 4.79 Å². The highest BCUT2D eigenvalue weighted by Crippen LogP contribution is 2.34. The molecule has 2 aromatic rings. The lowest BCUT2D eigenvalue weighted by Gasteiger charge is -2.24. The van der Waals surface area contributed by atoms with E-state index in [4.69, 9.17) is 0 Å². The van der Waals surface area contributed by atoms with Crippen molar-refractivity contribution in [3.8, 4) is 0 Å². The highest BCUT2D eigenvalue weighted by atomic mass is 32.1. The standard InChI is InChI=1S/C13H15NOS2/c1-13(2,8-14-12(15)16)10-7-17-11-6-4-3-5-9(10)11/h3-7H,8H2,1-2H3,(H2,14,15,16). The maximum atomic E-state index is 10.9. The van der Waals surface area contributed by atoms with Crippen LogP contribution in [0.4, 0.5) is 4.79 Å². The summed E-state index contributed by atoms with van der Waals surface area (Å²) in [5.41, 5.74) is 1.19.